The molecule has 0 spiro atoms. The molecule has 1 aliphatic carbocycles. The Labute approximate surface area is 163 Å². The normalized spacial score (nSPS) is 19.4. The Morgan fingerprint density at radius 2 is 2.07 bits per heavy atom. The van der Waals surface area contributed by atoms with Gasteiger partial charge in [0.15, 0.2) is 0 Å². The van der Waals surface area contributed by atoms with Gasteiger partial charge in [-0.2, -0.15) is 0 Å². The Hall–Kier alpha value is -2.84. The standard InChI is InChI=1S/C21H19ClN4O/c1-23-15-3-2-4-17(12-15)27-18-6-7-19-14(11-18)9-10-24-21(19)26-16-5-8-20(22)25-13-16/h5-11,13,15,17H,2-4,12H2,(H,24,26)/t15-,17-/m0/s1. The van der Waals surface area contributed by atoms with Crippen molar-refractivity contribution in [2.75, 3.05) is 5.32 Å². The SMILES string of the molecule is [C-]#[N+][C@H]1CCC[C@H](Oc2ccc3c(Nc4ccc(Cl)nc4)nccc3c2)C1. The number of nitrogens with one attached hydrogen (secondary N) is 1. The van der Waals surface area contributed by atoms with E-state index in [-0.39, 0.29) is 12.1 Å². The predicted molar refractivity (Wildman–Crippen MR) is 108 cm³/mol. The Morgan fingerprint density at radius 1 is 1.15 bits per heavy atom. The molecular formula is C21H19ClN4O. The van der Waals surface area contributed by atoms with Crippen LogP contribution in [0.15, 0.2) is 48.8 Å². The van der Waals surface area contributed by atoms with Crippen molar-refractivity contribution in [2.24, 2.45) is 0 Å². The third kappa shape index (κ3) is 4.12. The van der Waals surface area contributed by atoms with Crippen molar-refractivity contribution >= 4 is 33.9 Å². The van der Waals surface area contributed by atoms with Crippen LogP contribution in [0.4, 0.5) is 11.5 Å². The maximum atomic E-state index is 7.25. The van der Waals surface area contributed by atoms with Gasteiger partial charge < -0.3 is 14.9 Å². The molecule has 4 rings (SSSR count). The fourth-order valence-electron chi connectivity index (χ4n) is 3.45. The summed E-state index contributed by atoms with van der Waals surface area (Å²) in [6.07, 6.45) is 7.44. The average molecular weight is 379 g/mol. The molecule has 0 amide bonds. The molecule has 0 unspecified atom stereocenters. The topological polar surface area (TPSA) is 51.4 Å². The first-order valence-electron chi connectivity index (χ1n) is 9.02. The van der Waals surface area contributed by atoms with Gasteiger partial charge in [-0.1, -0.05) is 11.6 Å². The molecule has 1 N–H and O–H groups in total. The molecule has 1 aromatic carbocycles. The number of ether oxygens (including phenoxy) is 1. The fourth-order valence-corrected chi connectivity index (χ4v) is 3.56. The van der Waals surface area contributed by atoms with Gasteiger partial charge in [0, 0.05) is 18.0 Å². The largest absolute Gasteiger partial charge is 0.490 e. The number of rotatable bonds is 4. The van der Waals surface area contributed by atoms with E-state index in [0.29, 0.717) is 5.15 Å². The van der Waals surface area contributed by atoms with E-state index in [9.17, 15) is 0 Å². The average Bonchev–Trinajstić information content (AvgIpc) is 2.70. The van der Waals surface area contributed by atoms with Crippen molar-refractivity contribution in [1.82, 2.24) is 9.97 Å². The van der Waals surface area contributed by atoms with Gasteiger partial charge in [-0.3, -0.25) is 0 Å². The van der Waals surface area contributed by atoms with Crippen LogP contribution in [0.5, 0.6) is 5.75 Å². The lowest BCUT2D eigenvalue weighted by Crippen LogP contribution is -2.26. The summed E-state index contributed by atoms with van der Waals surface area (Å²) >= 11 is 5.84. The summed E-state index contributed by atoms with van der Waals surface area (Å²) in [7, 11) is 0. The highest BCUT2D eigenvalue weighted by molar-refractivity contribution is 6.29. The molecule has 0 bridgehead atoms. The molecule has 0 saturated heterocycles. The van der Waals surface area contributed by atoms with Gasteiger partial charge in [0.05, 0.1) is 18.3 Å². The van der Waals surface area contributed by atoms with Crippen molar-refractivity contribution < 1.29 is 4.74 Å². The Bertz CT molecular complexity index is 984. The van der Waals surface area contributed by atoms with Gasteiger partial charge in [0.1, 0.15) is 22.8 Å². The number of benzene rings is 1. The van der Waals surface area contributed by atoms with E-state index < -0.39 is 0 Å². The minimum absolute atomic E-state index is 0.0946. The third-order valence-electron chi connectivity index (χ3n) is 4.81. The highest BCUT2D eigenvalue weighted by Crippen LogP contribution is 2.30. The van der Waals surface area contributed by atoms with Crippen molar-refractivity contribution in [3.05, 3.63) is 65.4 Å². The second kappa shape index (κ2) is 7.81. The molecule has 1 fully saturated rings. The lowest BCUT2D eigenvalue weighted by atomic mass is 9.93. The smallest absolute Gasteiger partial charge is 0.227 e. The molecule has 2 heterocycles. The summed E-state index contributed by atoms with van der Waals surface area (Å²) in [6.45, 7) is 7.25. The van der Waals surface area contributed by atoms with Crippen LogP contribution in [0, 0.1) is 6.57 Å². The molecule has 0 aliphatic heterocycles. The van der Waals surface area contributed by atoms with E-state index in [1.54, 1.807) is 18.5 Å². The van der Waals surface area contributed by atoms with Crippen molar-refractivity contribution in [2.45, 2.75) is 37.8 Å². The van der Waals surface area contributed by atoms with Crippen LogP contribution in [0.3, 0.4) is 0 Å². The monoisotopic (exact) mass is 378 g/mol. The summed E-state index contributed by atoms with van der Waals surface area (Å²) < 4.78 is 6.16. The van der Waals surface area contributed by atoms with Gasteiger partial charge in [0.25, 0.3) is 0 Å². The van der Waals surface area contributed by atoms with Crippen LogP contribution in [0.2, 0.25) is 5.15 Å². The molecule has 0 radical (unpaired) electrons. The lowest BCUT2D eigenvalue weighted by molar-refractivity contribution is 0.151. The van der Waals surface area contributed by atoms with Gasteiger partial charge in [0.2, 0.25) is 6.04 Å². The van der Waals surface area contributed by atoms with Gasteiger partial charge >= 0.3 is 0 Å². The van der Waals surface area contributed by atoms with E-state index in [0.717, 1.165) is 53.7 Å². The maximum absolute atomic E-state index is 7.25. The van der Waals surface area contributed by atoms with Crippen LogP contribution in [0.25, 0.3) is 15.6 Å². The number of hydrogen-bond donors (Lipinski definition) is 1. The number of halogens is 1. The molecule has 6 heteroatoms. The van der Waals surface area contributed by atoms with Crippen LogP contribution in [0.1, 0.15) is 25.7 Å². The summed E-state index contributed by atoms with van der Waals surface area (Å²) in [5, 5.41) is 5.79. The number of aromatic nitrogens is 2. The maximum Gasteiger partial charge on any atom is 0.227 e. The van der Waals surface area contributed by atoms with E-state index in [1.807, 2.05) is 30.3 Å². The quantitative estimate of drug-likeness (QED) is 0.471. The van der Waals surface area contributed by atoms with E-state index >= 15 is 0 Å². The molecule has 27 heavy (non-hydrogen) atoms. The molecule has 136 valence electrons. The highest BCUT2D eigenvalue weighted by atomic mass is 35.5. The van der Waals surface area contributed by atoms with Gasteiger partial charge in [-0.05, 0) is 54.6 Å². The molecule has 1 saturated carbocycles. The second-order valence-electron chi connectivity index (χ2n) is 6.73. The zero-order valence-electron chi connectivity index (χ0n) is 14.7. The zero-order valence-corrected chi connectivity index (χ0v) is 15.5. The zero-order chi connectivity index (χ0) is 18.6. The van der Waals surface area contributed by atoms with E-state index in [2.05, 4.69) is 20.1 Å². The van der Waals surface area contributed by atoms with Crippen LogP contribution in [-0.2, 0) is 0 Å². The first kappa shape index (κ1) is 17.6. The minimum atomic E-state index is 0.0946. The molecule has 5 nitrogen and oxygen atoms in total. The van der Waals surface area contributed by atoms with Crippen molar-refractivity contribution in [1.29, 1.82) is 0 Å². The Balaban J connectivity index is 1.55. The summed E-state index contributed by atoms with van der Waals surface area (Å²) in [4.78, 5) is 12.2. The number of nitrogens with zero attached hydrogens (tertiary/aromatic N) is 3. The molecule has 2 aromatic heterocycles. The first-order valence-corrected chi connectivity index (χ1v) is 9.39. The summed E-state index contributed by atoms with van der Waals surface area (Å²) in [5.74, 6) is 1.59. The second-order valence-corrected chi connectivity index (χ2v) is 7.11. The van der Waals surface area contributed by atoms with E-state index in [1.165, 1.54) is 0 Å². The van der Waals surface area contributed by atoms with Gasteiger partial charge in [-0.15, -0.1) is 0 Å². The van der Waals surface area contributed by atoms with Crippen molar-refractivity contribution in [3.8, 4) is 5.75 Å². The predicted octanol–water partition coefficient (Wildman–Crippen LogP) is 5.64. The molecule has 3 aromatic rings. The molecular weight excluding hydrogens is 360 g/mol. The summed E-state index contributed by atoms with van der Waals surface area (Å²) in [5.41, 5.74) is 0.826. The van der Waals surface area contributed by atoms with Crippen LogP contribution < -0.4 is 10.1 Å². The number of pyridine rings is 2. The summed E-state index contributed by atoms with van der Waals surface area (Å²) in [6, 6.07) is 11.7. The first-order chi connectivity index (χ1) is 13.2. The molecule has 1 aliphatic rings. The Morgan fingerprint density at radius 3 is 2.89 bits per heavy atom. The third-order valence-corrected chi connectivity index (χ3v) is 5.03. The number of hydrogen-bond acceptors (Lipinski definition) is 4. The van der Waals surface area contributed by atoms with E-state index in [4.69, 9.17) is 22.9 Å². The Kier molecular flexibility index (Phi) is 5.08. The molecule has 2 atom stereocenters. The van der Waals surface area contributed by atoms with Crippen LogP contribution in [-0.4, -0.2) is 22.1 Å². The van der Waals surface area contributed by atoms with Crippen molar-refractivity contribution in [3.63, 3.8) is 0 Å². The highest BCUT2D eigenvalue weighted by Gasteiger charge is 2.26. The number of anilines is 2. The minimum Gasteiger partial charge on any atom is -0.490 e. The van der Waals surface area contributed by atoms with Crippen LogP contribution >= 0.6 is 11.6 Å². The number of fused-ring (bicyclic) bond motifs is 1. The fraction of sp³-hybridized carbons (Fsp3) is 0.286. The van der Waals surface area contributed by atoms with Gasteiger partial charge in [-0.25, -0.2) is 16.5 Å². The lowest BCUT2D eigenvalue weighted by Gasteiger charge is -2.24.